The Labute approximate surface area is 469 Å². The Balaban J connectivity index is 4.41. The first-order chi connectivity index (χ1) is 37.5. The third kappa shape index (κ3) is 60.7. The highest BCUT2D eigenvalue weighted by Crippen LogP contribution is 2.16. The molecular weight excluding hydrogens is 937 g/mol. The molecule has 6 heteroatoms. The first kappa shape index (κ1) is 71.8. The first-order valence-electron chi connectivity index (χ1n) is 31.5. The first-order valence-corrected chi connectivity index (χ1v) is 31.5. The molecule has 6 nitrogen and oxygen atoms in total. The number of esters is 3. The van der Waals surface area contributed by atoms with E-state index in [1.54, 1.807) is 0 Å². The summed E-state index contributed by atoms with van der Waals surface area (Å²) in [5.74, 6) is -1.00. The third-order valence-corrected chi connectivity index (χ3v) is 13.2. The molecule has 0 radical (unpaired) electrons. The second-order valence-electron chi connectivity index (χ2n) is 20.6. The fraction of sp³-hybridized carbons (Fsp3) is 0.671. The van der Waals surface area contributed by atoms with E-state index in [4.69, 9.17) is 14.2 Å². The van der Waals surface area contributed by atoms with Crippen LogP contribution in [0.1, 0.15) is 284 Å². The van der Waals surface area contributed by atoms with Gasteiger partial charge in [-0.3, -0.25) is 14.4 Å². The van der Waals surface area contributed by atoms with Crippen molar-refractivity contribution in [1.82, 2.24) is 0 Å². The molecule has 0 aromatic heterocycles. The molecule has 0 aliphatic rings. The van der Waals surface area contributed by atoms with Crippen molar-refractivity contribution in [2.24, 2.45) is 0 Å². The average Bonchev–Trinajstić information content (AvgIpc) is 3.42. The van der Waals surface area contributed by atoms with Crippen molar-refractivity contribution in [3.63, 3.8) is 0 Å². The van der Waals surface area contributed by atoms with Crippen LogP contribution in [-0.2, 0) is 28.6 Å². The summed E-state index contributed by atoms with van der Waals surface area (Å²) in [6.45, 7) is 6.35. The maximum absolute atomic E-state index is 12.9. The Hall–Kier alpha value is -4.19. The highest BCUT2D eigenvalue weighted by molar-refractivity contribution is 5.71. The van der Waals surface area contributed by atoms with Crippen molar-refractivity contribution in [2.75, 3.05) is 13.2 Å². The number of hydrogen-bond acceptors (Lipinski definition) is 6. The van der Waals surface area contributed by atoms with Gasteiger partial charge in [-0.1, -0.05) is 290 Å². The van der Waals surface area contributed by atoms with Gasteiger partial charge in [-0.2, -0.15) is 0 Å². The minimum absolute atomic E-state index is 0.109. The summed E-state index contributed by atoms with van der Waals surface area (Å²) in [5.41, 5.74) is 0. The molecule has 0 saturated carbocycles. The SMILES string of the molecule is CC/C=C\C/C=C\C/C=C\C/C=C\C/C=C\C/C=C\CCCCCCCCC(=O)OCC(COC(=O)CC/C=C\C/C=C\C/C=C\C/C=C\CC)OC(=O)CCCCCCCCCCCCCCCCCCCCCC. The molecule has 0 saturated heterocycles. The van der Waals surface area contributed by atoms with E-state index in [9.17, 15) is 14.4 Å². The molecule has 0 amide bonds. The summed E-state index contributed by atoms with van der Waals surface area (Å²) >= 11 is 0. The number of allylic oxidation sites excluding steroid dienone is 20. The second-order valence-corrected chi connectivity index (χ2v) is 20.6. The average molecular weight is 1050 g/mol. The molecule has 0 N–H and O–H groups in total. The predicted molar refractivity (Wildman–Crippen MR) is 330 cm³/mol. The van der Waals surface area contributed by atoms with Crippen LogP contribution in [0.25, 0.3) is 0 Å². The van der Waals surface area contributed by atoms with Crippen LogP contribution in [0.2, 0.25) is 0 Å². The van der Waals surface area contributed by atoms with Crippen molar-refractivity contribution >= 4 is 17.9 Å². The van der Waals surface area contributed by atoms with Crippen molar-refractivity contribution < 1.29 is 28.6 Å². The fourth-order valence-corrected chi connectivity index (χ4v) is 8.58. The molecular formula is C70H116O6. The Morgan fingerprint density at radius 3 is 0.882 bits per heavy atom. The largest absolute Gasteiger partial charge is 0.462 e. The minimum atomic E-state index is -0.816. The van der Waals surface area contributed by atoms with Gasteiger partial charge in [-0.15, -0.1) is 0 Å². The van der Waals surface area contributed by atoms with Crippen LogP contribution >= 0.6 is 0 Å². The number of carbonyl (C=O) groups is 3. The Morgan fingerprint density at radius 1 is 0.276 bits per heavy atom. The highest BCUT2D eigenvalue weighted by Gasteiger charge is 2.19. The van der Waals surface area contributed by atoms with Gasteiger partial charge in [0.1, 0.15) is 13.2 Å². The van der Waals surface area contributed by atoms with Crippen LogP contribution in [0.4, 0.5) is 0 Å². The van der Waals surface area contributed by atoms with Crippen LogP contribution < -0.4 is 0 Å². The van der Waals surface area contributed by atoms with Gasteiger partial charge in [0.25, 0.3) is 0 Å². The van der Waals surface area contributed by atoms with Gasteiger partial charge in [-0.05, 0) is 96.3 Å². The molecule has 0 bridgehead atoms. The lowest BCUT2D eigenvalue weighted by Gasteiger charge is -2.18. The standard InChI is InChI=1S/C70H116O6/c1-4-7-10-13-16-19-22-25-27-29-31-33-34-35-36-37-39-40-42-45-48-51-54-57-60-63-69(72)75-66-67(65-74-68(71)62-59-56-53-50-47-44-24-21-18-15-12-9-6-3)76-70(73)64-61-58-55-52-49-46-43-41-38-32-30-28-26-23-20-17-14-11-8-5-2/h7,9-10,12,16,18-19,21,25,27,31,33,35-36,39-40,44,47,53,56,67H,4-6,8,11,13-15,17,20,22-24,26,28-30,32,34,37-38,41-43,45-46,48-52,54-55,57-66H2,1-3H3/b10-7-,12-9-,19-16-,21-18-,27-25-,33-31-,36-35-,40-39-,47-44-,56-53-. The molecule has 432 valence electrons. The van der Waals surface area contributed by atoms with Crippen LogP contribution in [0.5, 0.6) is 0 Å². The fourth-order valence-electron chi connectivity index (χ4n) is 8.58. The summed E-state index contributed by atoms with van der Waals surface area (Å²) in [4.78, 5) is 38.2. The molecule has 76 heavy (non-hydrogen) atoms. The van der Waals surface area contributed by atoms with Crippen LogP contribution in [0.3, 0.4) is 0 Å². The smallest absolute Gasteiger partial charge is 0.306 e. The zero-order chi connectivity index (χ0) is 55.0. The lowest BCUT2D eigenvalue weighted by molar-refractivity contribution is -0.166. The molecule has 0 fully saturated rings. The lowest BCUT2D eigenvalue weighted by atomic mass is 10.0. The van der Waals surface area contributed by atoms with Gasteiger partial charge in [-0.25, -0.2) is 0 Å². The molecule has 0 spiro atoms. The minimum Gasteiger partial charge on any atom is -0.462 e. The number of carbonyl (C=O) groups excluding carboxylic acids is 3. The van der Waals surface area contributed by atoms with Crippen LogP contribution in [-0.4, -0.2) is 37.2 Å². The summed E-state index contributed by atoms with van der Waals surface area (Å²) in [6, 6.07) is 0. The van der Waals surface area contributed by atoms with Crippen molar-refractivity contribution in [3.8, 4) is 0 Å². The van der Waals surface area contributed by atoms with Crippen molar-refractivity contribution in [1.29, 1.82) is 0 Å². The van der Waals surface area contributed by atoms with Gasteiger partial charge in [0.2, 0.25) is 0 Å². The molecule has 1 atom stereocenters. The molecule has 0 heterocycles. The maximum atomic E-state index is 12.9. The van der Waals surface area contributed by atoms with Gasteiger partial charge in [0.15, 0.2) is 6.10 Å². The molecule has 0 rings (SSSR count). The normalized spacial score (nSPS) is 12.9. The van der Waals surface area contributed by atoms with Gasteiger partial charge in [0.05, 0.1) is 0 Å². The quantitative estimate of drug-likeness (QED) is 0.0261. The topological polar surface area (TPSA) is 78.9 Å². The molecule has 0 aromatic rings. The summed E-state index contributed by atoms with van der Waals surface area (Å²) in [6.07, 6.45) is 87.9. The number of ether oxygens (including phenoxy) is 3. The van der Waals surface area contributed by atoms with E-state index in [0.29, 0.717) is 19.3 Å². The zero-order valence-electron chi connectivity index (χ0n) is 49.5. The maximum Gasteiger partial charge on any atom is 0.306 e. The Kier molecular flexibility index (Phi) is 59.9. The summed E-state index contributed by atoms with van der Waals surface area (Å²) < 4.78 is 16.8. The molecule has 0 aliphatic heterocycles. The van der Waals surface area contributed by atoms with Gasteiger partial charge >= 0.3 is 17.9 Å². The van der Waals surface area contributed by atoms with Crippen LogP contribution in [0.15, 0.2) is 122 Å². The van der Waals surface area contributed by atoms with E-state index in [0.717, 1.165) is 116 Å². The van der Waals surface area contributed by atoms with E-state index >= 15 is 0 Å². The number of unbranched alkanes of at least 4 members (excludes halogenated alkanes) is 25. The summed E-state index contributed by atoms with van der Waals surface area (Å²) in [7, 11) is 0. The van der Waals surface area contributed by atoms with E-state index in [-0.39, 0.29) is 37.5 Å². The molecule has 0 aliphatic carbocycles. The molecule has 1 unspecified atom stereocenters. The second kappa shape index (κ2) is 63.3. The third-order valence-electron chi connectivity index (χ3n) is 13.2. The lowest BCUT2D eigenvalue weighted by Crippen LogP contribution is -2.30. The van der Waals surface area contributed by atoms with E-state index < -0.39 is 6.10 Å². The highest BCUT2D eigenvalue weighted by atomic mass is 16.6. The Bertz CT molecular complexity index is 1590. The monoisotopic (exact) mass is 1050 g/mol. The van der Waals surface area contributed by atoms with Crippen molar-refractivity contribution in [2.45, 2.75) is 290 Å². The van der Waals surface area contributed by atoms with E-state index in [2.05, 4.69) is 136 Å². The van der Waals surface area contributed by atoms with Crippen molar-refractivity contribution in [3.05, 3.63) is 122 Å². The zero-order valence-corrected chi connectivity index (χ0v) is 49.5. The van der Waals surface area contributed by atoms with E-state index in [1.807, 2.05) is 6.08 Å². The summed E-state index contributed by atoms with van der Waals surface area (Å²) in [5, 5.41) is 0. The van der Waals surface area contributed by atoms with Gasteiger partial charge in [0, 0.05) is 19.3 Å². The van der Waals surface area contributed by atoms with E-state index in [1.165, 1.54) is 122 Å². The van der Waals surface area contributed by atoms with Crippen LogP contribution in [0, 0.1) is 0 Å². The Morgan fingerprint density at radius 2 is 0.539 bits per heavy atom. The predicted octanol–water partition coefficient (Wildman–Crippen LogP) is 21.6. The molecule has 0 aromatic carbocycles. The number of rotatable bonds is 56. The van der Waals surface area contributed by atoms with Gasteiger partial charge < -0.3 is 14.2 Å². The number of hydrogen-bond donors (Lipinski definition) is 0.